The zero-order valence-corrected chi connectivity index (χ0v) is 14.2. The molecule has 0 aliphatic rings. The lowest BCUT2D eigenvalue weighted by Crippen LogP contribution is -2.46. The molecule has 5 heteroatoms. The number of hydrogen-bond donors (Lipinski definition) is 2. The smallest absolute Gasteiger partial charge is 0.226 e. The fourth-order valence-electron chi connectivity index (χ4n) is 2.61. The van der Waals surface area contributed by atoms with E-state index in [1.807, 2.05) is 39.0 Å². The van der Waals surface area contributed by atoms with E-state index in [2.05, 4.69) is 16.4 Å². The summed E-state index contributed by atoms with van der Waals surface area (Å²) in [4.78, 5) is 17.3. The van der Waals surface area contributed by atoms with Gasteiger partial charge in [0.2, 0.25) is 5.91 Å². The van der Waals surface area contributed by atoms with Crippen LogP contribution in [-0.4, -0.2) is 28.6 Å². The van der Waals surface area contributed by atoms with E-state index in [0.717, 1.165) is 28.1 Å². The number of aromatic nitrogens is 1. The van der Waals surface area contributed by atoms with Gasteiger partial charge in [0.05, 0.1) is 27.2 Å². The Hall–Kier alpha value is -1.46. The molecule has 0 aliphatic carbocycles. The molecule has 0 fully saturated rings. The lowest BCUT2D eigenvalue weighted by Gasteiger charge is -2.30. The van der Waals surface area contributed by atoms with Crippen LogP contribution >= 0.6 is 11.3 Å². The van der Waals surface area contributed by atoms with E-state index in [-0.39, 0.29) is 18.6 Å². The predicted molar refractivity (Wildman–Crippen MR) is 91.0 cm³/mol. The van der Waals surface area contributed by atoms with Crippen LogP contribution in [0.1, 0.15) is 38.6 Å². The number of nitrogens with zero attached hydrogens (tertiary/aromatic N) is 1. The van der Waals surface area contributed by atoms with Gasteiger partial charge in [-0.05, 0) is 31.9 Å². The van der Waals surface area contributed by atoms with Crippen LogP contribution in [0.15, 0.2) is 24.3 Å². The molecule has 0 radical (unpaired) electrons. The van der Waals surface area contributed by atoms with Crippen molar-refractivity contribution in [3.63, 3.8) is 0 Å². The Morgan fingerprint density at radius 1 is 1.36 bits per heavy atom. The van der Waals surface area contributed by atoms with Crippen molar-refractivity contribution in [1.82, 2.24) is 10.3 Å². The molecule has 0 spiro atoms. The predicted octanol–water partition coefficient (Wildman–Crippen LogP) is 3.14. The molecule has 22 heavy (non-hydrogen) atoms. The molecule has 120 valence electrons. The number of fused-ring (bicyclic) bond motifs is 1. The fraction of sp³-hybridized carbons (Fsp3) is 0.529. The van der Waals surface area contributed by atoms with Gasteiger partial charge in [-0.3, -0.25) is 4.79 Å². The molecule has 1 heterocycles. The fourth-order valence-corrected chi connectivity index (χ4v) is 3.72. The van der Waals surface area contributed by atoms with Gasteiger partial charge in [-0.2, -0.15) is 0 Å². The third-order valence-electron chi connectivity index (χ3n) is 4.31. The summed E-state index contributed by atoms with van der Waals surface area (Å²) >= 11 is 1.66. The summed E-state index contributed by atoms with van der Waals surface area (Å²) in [6, 6.07) is 7.83. The van der Waals surface area contributed by atoms with Crippen molar-refractivity contribution in [2.45, 2.75) is 46.1 Å². The maximum Gasteiger partial charge on any atom is 0.226 e. The van der Waals surface area contributed by atoms with Gasteiger partial charge in [0.25, 0.3) is 0 Å². The summed E-state index contributed by atoms with van der Waals surface area (Å²) in [7, 11) is 0. The number of thiazole rings is 1. The molecule has 1 unspecified atom stereocenters. The van der Waals surface area contributed by atoms with Crippen LogP contribution in [-0.2, 0) is 11.2 Å². The van der Waals surface area contributed by atoms with Gasteiger partial charge in [-0.25, -0.2) is 4.98 Å². The van der Waals surface area contributed by atoms with E-state index in [1.54, 1.807) is 11.3 Å². The molecule has 1 aromatic heterocycles. The lowest BCUT2D eigenvalue weighted by atomic mass is 9.78. The average Bonchev–Trinajstić information content (AvgIpc) is 2.94. The van der Waals surface area contributed by atoms with Crippen molar-refractivity contribution in [3.8, 4) is 0 Å². The zero-order chi connectivity index (χ0) is 16.2. The van der Waals surface area contributed by atoms with Crippen LogP contribution < -0.4 is 5.32 Å². The second kappa shape index (κ2) is 7.20. The highest BCUT2D eigenvalue weighted by atomic mass is 32.1. The van der Waals surface area contributed by atoms with Crippen LogP contribution in [0.5, 0.6) is 0 Å². The minimum absolute atomic E-state index is 0.0123. The molecule has 0 aliphatic heterocycles. The second-order valence-corrected chi connectivity index (χ2v) is 6.91. The number of benzene rings is 1. The number of rotatable bonds is 7. The Labute approximate surface area is 135 Å². The molecule has 2 N–H and O–H groups in total. The quantitative estimate of drug-likeness (QED) is 0.824. The highest BCUT2D eigenvalue weighted by molar-refractivity contribution is 7.18. The van der Waals surface area contributed by atoms with Gasteiger partial charge in [0.1, 0.15) is 0 Å². The Morgan fingerprint density at radius 3 is 2.64 bits per heavy atom. The molecule has 0 saturated carbocycles. The molecule has 2 rings (SSSR count). The first-order chi connectivity index (χ1) is 10.5. The van der Waals surface area contributed by atoms with Crippen LogP contribution in [0, 0.1) is 5.41 Å². The van der Waals surface area contributed by atoms with Crippen molar-refractivity contribution >= 4 is 27.5 Å². The number of aliphatic hydroxyl groups excluding tert-OH is 1. The summed E-state index contributed by atoms with van der Waals surface area (Å²) in [5, 5.41) is 13.1. The molecule has 1 aromatic carbocycles. The van der Waals surface area contributed by atoms with E-state index in [1.165, 1.54) is 0 Å². The maximum absolute atomic E-state index is 12.7. The number of aliphatic hydroxyl groups is 1. The van der Waals surface area contributed by atoms with E-state index in [0.29, 0.717) is 6.42 Å². The first kappa shape index (κ1) is 16.9. The molecule has 0 bridgehead atoms. The maximum atomic E-state index is 12.7. The summed E-state index contributed by atoms with van der Waals surface area (Å²) < 4.78 is 1.16. The molecule has 0 saturated heterocycles. The highest BCUT2D eigenvalue weighted by Gasteiger charge is 2.36. The van der Waals surface area contributed by atoms with E-state index >= 15 is 0 Å². The summed E-state index contributed by atoms with van der Waals surface area (Å²) in [6.45, 7) is 5.85. The molecule has 1 amide bonds. The standard InChI is InChI=1S/C17H24N2O2S/c1-4-17(5-2,16(21)18-12(3)11-20)10-15-19-13-8-6-7-9-14(13)22-15/h6-9,12,20H,4-5,10-11H2,1-3H3,(H,18,21). The minimum atomic E-state index is -0.461. The number of para-hydroxylation sites is 1. The van der Waals surface area contributed by atoms with Gasteiger partial charge in [-0.1, -0.05) is 26.0 Å². The SMILES string of the molecule is CCC(CC)(Cc1nc2ccccc2s1)C(=O)NC(C)CO. The largest absolute Gasteiger partial charge is 0.394 e. The van der Waals surface area contributed by atoms with Gasteiger partial charge in [0.15, 0.2) is 0 Å². The molecule has 2 aromatic rings. The first-order valence-electron chi connectivity index (χ1n) is 7.81. The van der Waals surface area contributed by atoms with Crippen molar-refractivity contribution in [1.29, 1.82) is 0 Å². The third-order valence-corrected chi connectivity index (χ3v) is 5.35. The number of amides is 1. The Kier molecular flexibility index (Phi) is 5.53. The van der Waals surface area contributed by atoms with Crippen molar-refractivity contribution in [2.24, 2.45) is 5.41 Å². The van der Waals surface area contributed by atoms with Crippen molar-refractivity contribution in [3.05, 3.63) is 29.3 Å². The van der Waals surface area contributed by atoms with E-state index in [9.17, 15) is 4.79 Å². The number of carbonyl (C=O) groups excluding carboxylic acids is 1. The average molecular weight is 320 g/mol. The first-order valence-corrected chi connectivity index (χ1v) is 8.62. The van der Waals surface area contributed by atoms with Crippen molar-refractivity contribution < 1.29 is 9.90 Å². The molecular formula is C17H24N2O2S. The summed E-state index contributed by atoms with van der Waals surface area (Å²) in [5.41, 5.74) is 0.532. The molecule has 4 nitrogen and oxygen atoms in total. The van der Waals surface area contributed by atoms with Gasteiger partial charge >= 0.3 is 0 Å². The topological polar surface area (TPSA) is 62.2 Å². The van der Waals surface area contributed by atoms with Gasteiger partial charge in [-0.15, -0.1) is 11.3 Å². The van der Waals surface area contributed by atoms with Crippen LogP contribution in [0.3, 0.4) is 0 Å². The van der Waals surface area contributed by atoms with Crippen LogP contribution in [0.2, 0.25) is 0 Å². The second-order valence-electron chi connectivity index (χ2n) is 5.80. The lowest BCUT2D eigenvalue weighted by molar-refractivity contribution is -0.132. The summed E-state index contributed by atoms with van der Waals surface area (Å²) in [6.07, 6.45) is 2.15. The van der Waals surface area contributed by atoms with Crippen LogP contribution in [0.4, 0.5) is 0 Å². The molecule has 1 atom stereocenters. The Bertz CT molecular complexity index is 601. The van der Waals surface area contributed by atoms with Crippen LogP contribution in [0.25, 0.3) is 10.2 Å². The summed E-state index contributed by atoms with van der Waals surface area (Å²) in [5.74, 6) is 0.0123. The normalized spacial score (nSPS) is 13.3. The van der Waals surface area contributed by atoms with E-state index in [4.69, 9.17) is 5.11 Å². The third kappa shape index (κ3) is 3.47. The number of hydrogen-bond acceptors (Lipinski definition) is 4. The Morgan fingerprint density at radius 2 is 2.05 bits per heavy atom. The van der Waals surface area contributed by atoms with E-state index < -0.39 is 5.41 Å². The Balaban J connectivity index is 2.25. The minimum Gasteiger partial charge on any atom is -0.394 e. The van der Waals surface area contributed by atoms with Crippen molar-refractivity contribution in [2.75, 3.05) is 6.61 Å². The number of nitrogens with one attached hydrogen (secondary N) is 1. The zero-order valence-electron chi connectivity index (χ0n) is 13.4. The highest BCUT2D eigenvalue weighted by Crippen LogP contribution is 2.34. The molecular weight excluding hydrogens is 296 g/mol. The van der Waals surface area contributed by atoms with Gasteiger partial charge in [0, 0.05) is 12.5 Å². The monoisotopic (exact) mass is 320 g/mol. The number of carbonyl (C=O) groups is 1. The van der Waals surface area contributed by atoms with Gasteiger partial charge < -0.3 is 10.4 Å².